The lowest BCUT2D eigenvalue weighted by Gasteiger charge is -2.08. The second-order valence-electron chi connectivity index (χ2n) is 3.85. The van der Waals surface area contributed by atoms with E-state index in [-0.39, 0.29) is 0 Å². The van der Waals surface area contributed by atoms with E-state index >= 15 is 0 Å². The van der Waals surface area contributed by atoms with Gasteiger partial charge in [0.05, 0.1) is 10.7 Å². The molecule has 1 aliphatic heterocycles. The molecule has 2 nitrogen and oxygen atoms in total. The second kappa shape index (κ2) is 5.10. The third-order valence-corrected chi connectivity index (χ3v) is 4.17. The first-order chi connectivity index (χ1) is 7.25. The summed E-state index contributed by atoms with van der Waals surface area (Å²) in [6.45, 7) is 2.31. The number of hydrogen-bond donors (Lipinski definition) is 2. The second-order valence-corrected chi connectivity index (χ2v) is 5.35. The molecule has 0 aliphatic carbocycles. The first kappa shape index (κ1) is 11.1. The van der Waals surface area contributed by atoms with E-state index in [9.17, 15) is 0 Å². The molecule has 0 radical (unpaired) electrons. The van der Waals surface area contributed by atoms with Gasteiger partial charge in [0.2, 0.25) is 0 Å². The fraction of sp³-hybridized carbons (Fsp3) is 0.455. The van der Waals surface area contributed by atoms with Crippen molar-refractivity contribution in [2.24, 2.45) is 5.92 Å². The van der Waals surface area contributed by atoms with E-state index in [0.29, 0.717) is 10.7 Å². The van der Waals surface area contributed by atoms with Crippen molar-refractivity contribution in [1.29, 1.82) is 0 Å². The molecule has 0 saturated carbocycles. The van der Waals surface area contributed by atoms with Crippen LogP contribution in [-0.2, 0) is 0 Å². The van der Waals surface area contributed by atoms with Crippen LogP contribution in [-0.4, -0.2) is 18.8 Å². The maximum absolute atomic E-state index is 5.96. The van der Waals surface area contributed by atoms with Crippen LogP contribution in [0.2, 0.25) is 5.02 Å². The molecule has 2 rings (SSSR count). The fourth-order valence-corrected chi connectivity index (χ4v) is 2.99. The highest BCUT2D eigenvalue weighted by Crippen LogP contribution is 2.28. The number of thioether (sulfide) groups is 1. The van der Waals surface area contributed by atoms with Crippen molar-refractivity contribution in [3.63, 3.8) is 0 Å². The van der Waals surface area contributed by atoms with Gasteiger partial charge in [-0.1, -0.05) is 11.6 Å². The average molecular weight is 243 g/mol. The Kier molecular flexibility index (Phi) is 3.78. The van der Waals surface area contributed by atoms with Crippen LogP contribution in [0, 0.1) is 5.92 Å². The summed E-state index contributed by atoms with van der Waals surface area (Å²) < 4.78 is 0. The largest absolute Gasteiger partial charge is 0.398 e. The van der Waals surface area contributed by atoms with Gasteiger partial charge in [0, 0.05) is 10.6 Å². The molecule has 1 atom stereocenters. The molecule has 82 valence electrons. The minimum Gasteiger partial charge on any atom is -0.398 e. The Labute approximate surface area is 99.6 Å². The topological polar surface area (TPSA) is 38.0 Å². The van der Waals surface area contributed by atoms with Gasteiger partial charge in [0.15, 0.2) is 0 Å². The van der Waals surface area contributed by atoms with E-state index in [1.807, 2.05) is 30.0 Å². The smallest absolute Gasteiger partial charge is 0.0646 e. The van der Waals surface area contributed by atoms with Crippen molar-refractivity contribution < 1.29 is 0 Å². The lowest BCUT2D eigenvalue weighted by molar-refractivity contribution is 0.663. The summed E-state index contributed by atoms with van der Waals surface area (Å²) in [5, 5.41) is 4.03. The third kappa shape index (κ3) is 3.03. The summed E-state index contributed by atoms with van der Waals surface area (Å²) in [5.41, 5.74) is 6.31. The van der Waals surface area contributed by atoms with Crippen molar-refractivity contribution >= 4 is 29.1 Å². The van der Waals surface area contributed by atoms with Gasteiger partial charge in [0.25, 0.3) is 0 Å². The average Bonchev–Trinajstić information content (AvgIpc) is 2.73. The number of benzene rings is 1. The van der Waals surface area contributed by atoms with Crippen LogP contribution in [0.4, 0.5) is 5.69 Å². The minimum absolute atomic E-state index is 0.656. The number of rotatable bonds is 3. The highest BCUT2D eigenvalue weighted by atomic mass is 35.5. The molecule has 0 spiro atoms. The molecule has 0 aromatic heterocycles. The Bertz CT molecular complexity index is 337. The highest BCUT2D eigenvalue weighted by molar-refractivity contribution is 7.99. The molecule has 1 aromatic carbocycles. The molecule has 1 fully saturated rings. The van der Waals surface area contributed by atoms with Gasteiger partial charge in [-0.05, 0) is 43.6 Å². The highest BCUT2D eigenvalue weighted by Gasteiger charge is 2.14. The van der Waals surface area contributed by atoms with Crippen LogP contribution in [0.1, 0.15) is 6.42 Å². The molecule has 3 N–H and O–H groups in total. The molecule has 1 aliphatic rings. The van der Waals surface area contributed by atoms with E-state index in [1.165, 1.54) is 11.3 Å². The lowest BCUT2D eigenvalue weighted by Crippen LogP contribution is -2.10. The van der Waals surface area contributed by atoms with Crippen molar-refractivity contribution in [3.8, 4) is 0 Å². The molecule has 1 aromatic rings. The number of nitrogens with one attached hydrogen (secondary N) is 1. The van der Waals surface area contributed by atoms with Gasteiger partial charge >= 0.3 is 0 Å². The quantitative estimate of drug-likeness (QED) is 0.632. The molecule has 0 amide bonds. The molecule has 4 heteroatoms. The van der Waals surface area contributed by atoms with Gasteiger partial charge in [0.1, 0.15) is 0 Å². The zero-order valence-electron chi connectivity index (χ0n) is 8.50. The van der Waals surface area contributed by atoms with Crippen LogP contribution in [0.3, 0.4) is 0 Å². The van der Waals surface area contributed by atoms with E-state index in [1.54, 1.807) is 0 Å². The van der Waals surface area contributed by atoms with Crippen molar-refractivity contribution in [2.75, 3.05) is 24.6 Å². The SMILES string of the molecule is Nc1ccc(SCC2CCNC2)cc1Cl. The number of nitrogens with two attached hydrogens (primary N) is 1. The molecule has 15 heavy (non-hydrogen) atoms. The van der Waals surface area contributed by atoms with Crippen molar-refractivity contribution in [1.82, 2.24) is 5.32 Å². The van der Waals surface area contributed by atoms with E-state index in [4.69, 9.17) is 17.3 Å². The van der Waals surface area contributed by atoms with Gasteiger partial charge in [-0.15, -0.1) is 11.8 Å². The van der Waals surface area contributed by atoms with Crippen LogP contribution < -0.4 is 11.1 Å². The lowest BCUT2D eigenvalue weighted by atomic mass is 10.2. The normalized spacial score (nSPS) is 20.7. The monoisotopic (exact) mass is 242 g/mol. The number of nitrogen functional groups attached to an aromatic ring is 1. The van der Waals surface area contributed by atoms with Gasteiger partial charge in [-0.25, -0.2) is 0 Å². The summed E-state index contributed by atoms with van der Waals surface area (Å²) in [4.78, 5) is 1.21. The van der Waals surface area contributed by atoms with Gasteiger partial charge in [-0.3, -0.25) is 0 Å². The Hall–Kier alpha value is -0.380. The van der Waals surface area contributed by atoms with Crippen LogP contribution >= 0.6 is 23.4 Å². The molecular formula is C11H15ClN2S. The first-order valence-corrected chi connectivity index (χ1v) is 6.50. The molecular weight excluding hydrogens is 228 g/mol. The van der Waals surface area contributed by atoms with Gasteiger partial charge in [-0.2, -0.15) is 0 Å². The van der Waals surface area contributed by atoms with Crippen molar-refractivity contribution in [2.45, 2.75) is 11.3 Å². The number of halogens is 1. The Morgan fingerprint density at radius 2 is 2.40 bits per heavy atom. The van der Waals surface area contributed by atoms with E-state index < -0.39 is 0 Å². The van der Waals surface area contributed by atoms with E-state index in [2.05, 4.69) is 5.32 Å². The van der Waals surface area contributed by atoms with Crippen LogP contribution in [0.5, 0.6) is 0 Å². The summed E-state index contributed by atoms with van der Waals surface area (Å²) in [6, 6.07) is 5.86. The zero-order valence-corrected chi connectivity index (χ0v) is 10.1. The predicted molar refractivity (Wildman–Crippen MR) is 67.6 cm³/mol. The zero-order chi connectivity index (χ0) is 10.7. The Balaban J connectivity index is 1.90. The van der Waals surface area contributed by atoms with Crippen LogP contribution in [0.25, 0.3) is 0 Å². The maximum Gasteiger partial charge on any atom is 0.0646 e. The third-order valence-electron chi connectivity index (χ3n) is 2.62. The minimum atomic E-state index is 0.656. The number of hydrogen-bond acceptors (Lipinski definition) is 3. The summed E-state index contributed by atoms with van der Waals surface area (Å²) in [5.74, 6) is 1.96. The maximum atomic E-state index is 5.96. The molecule has 1 saturated heterocycles. The molecule has 0 bridgehead atoms. The van der Waals surface area contributed by atoms with Crippen LogP contribution in [0.15, 0.2) is 23.1 Å². The van der Waals surface area contributed by atoms with Gasteiger partial charge < -0.3 is 11.1 Å². The summed E-state index contributed by atoms with van der Waals surface area (Å²) >= 11 is 7.82. The Morgan fingerprint density at radius 1 is 1.53 bits per heavy atom. The van der Waals surface area contributed by atoms with E-state index in [0.717, 1.165) is 24.8 Å². The summed E-state index contributed by atoms with van der Waals surface area (Å²) in [6.07, 6.45) is 1.29. The fourth-order valence-electron chi connectivity index (χ4n) is 1.67. The molecule has 1 heterocycles. The Morgan fingerprint density at radius 3 is 3.07 bits per heavy atom. The first-order valence-electron chi connectivity index (χ1n) is 5.14. The van der Waals surface area contributed by atoms with Crippen molar-refractivity contribution in [3.05, 3.63) is 23.2 Å². The standard InChI is InChI=1S/C11H15ClN2S/c12-10-5-9(1-2-11(10)13)15-7-8-3-4-14-6-8/h1-2,5,8,14H,3-4,6-7,13H2. The number of anilines is 1. The predicted octanol–water partition coefficient (Wildman–Crippen LogP) is 2.62. The summed E-state index contributed by atoms with van der Waals surface area (Å²) in [7, 11) is 0. The molecule has 1 unspecified atom stereocenters.